The Labute approximate surface area is 108 Å². The third kappa shape index (κ3) is 3.49. The molecule has 18 heavy (non-hydrogen) atoms. The van der Waals surface area contributed by atoms with Crippen LogP contribution in [0.2, 0.25) is 0 Å². The molecule has 0 bridgehead atoms. The molecule has 0 aromatic heterocycles. The van der Waals surface area contributed by atoms with Crippen LogP contribution in [0.3, 0.4) is 0 Å². The van der Waals surface area contributed by atoms with Crippen molar-refractivity contribution < 1.29 is 14.3 Å². The molecule has 0 amide bonds. The summed E-state index contributed by atoms with van der Waals surface area (Å²) in [5.74, 6) is 1.20. The molecule has 1 aliphatic rings. The molecule has 1 saturated carbocycles. The Morgan fingerprint density at radius 2 is 2.06 bits per heavy atom. The highest BCUT2D eigenvalue weighted by atomic mass is 16.7. The van der Waals surface area contributed by atoms with Crippen molar-refractivity contribution in [3.8, 4) is 5.75 Å². The van der Waals surface area contributed by atoms with Crippen molar-refractivity contribution in [1.29, 1.82) is 0 Å². The van der Waals surface area contributed by atoms with Gasteiger partial charge in [-0.3, -0.25) is 0 Å². The molecule has 2 rings (SSSR count). The molecule has 0 spiro atoms. The summed E-state index contributed by atoms with van der Waals surface area (Å²) in [7, 11) is 0. The van der Waals surface area contributed by atoms with Gasteiger partial charge < -0.3 is 9.47 Å². The van der Waals surface area contributed by atoms with E-state index in [4.69, 9.17) is 9.47 Å². The Kier molecular flexibility index (Phi) is 4.62. The van der Waals surface area contributed by atoms with Crippen LogP contribution in [0.4, 0.5) is 4.79 Å². The average molecular weight is 248 g/mol. The smallest absolute Gasteiger partial charge is 0.434 e. The third-order valence-corrected chi connectivity index (χ3v) is 3.40. The monoisotopic (exact) mass is 248 g/mol. The molecule has 1 aliphatic carbocycles. The first-order valence-electron chi connectivity index (χ1n) is 6.74. The molecule has 0 radical (unpaired) electrons. The number of ether oxygens (including phenoxy) is 2. The van der Waals surface area contributed by atoms with Crippen molar-refractivity contribution in [2.75, 3.05) is 6.61 Å². The lowest BCUT2D eigenvalue weighted by Gasteiger charge is -2.22. The van der Waals surface area contributed by atoms with Crippen molar-refractivity contribution >= 4 is 6.16 Å². The van der Waals surface area contributed by atoms with Crippen molar-refractivity contribution in [3.05, 3.63) is 29.8 Å². The fourth-order valence-corrected chi connectivity index (χ4v) is 2.51. The molecule has 1 aromatic carbocycles. The molecule has 0 N–H and O–H groups in total. The van der Waals surface area contributed by atoms with Crippen molar-refractivity contribution in [3.63, 3.8) is 0 Å². The summed E-state index contributed by atoms with van der Waals surface area (Å²) in [6.07, 6.45) is 5.79. The number of hydrogen-bond acceptors (Lipinski definition) is 3. The van der Waals surface area contributed by atoms with Crippen LogP contribution in [0.5, 0.6) is 5.75 Å². The Morgan fingerprint density at radius 1 is 1.28 bits per heavy atom. The van der Waals surface area contributed by atoms with Gasteiger partial charge in [0.05, 0.1) is 6.61 Å². The maximum Gasteiger partial charge on any atom is 0.513 e. The van der Waals surface area contributed by atoms with E-state index in [9.17, 15) is 4.79 Å². The van der Waals surface area contributed by atoms with Gasteiger partial charge in [-0.05, 0) is 43.4 Å². The van der Waals surface area contributed by atoms with Gasteiger partial charge in [0, 0.05) is 0 Å². The Hall–Kier alpha value is -1.51. The highest BCUT2D eigenvalue weighted by Crippen LogP contribution is 2.33. The molecule has 0 aliphatic heterocycles. The van der Waals surface area contributed by atoms with Gasteiger partial charge in [0.25, 0.3) is 0 Å². The average Bonchev–Trinajstić information content (AvgIpc) is 2.40. The fraction of sp³-hybridized carbons (Fsp3) is 0.533. The zero-order valence-electron chi connectivity index (χ0n) is 10.9. The lowest BCUT2D eigenvalue weighted by molar-refractivity contribution is 0.104. The van der Waals surface area contributed by atoms with Crippen molar-refractivity contribution in [2.45, 2.75) is 44.9 Å². The topological polar surface area (TPSA) is 35.5 Å². The van der Waals surface area contributed by atoms with Gasteiger partial charge in [-0.2, -0.15) is 0 Å². The van der Waals surface area contributed by atoms with Crippen LogP contribution in [0.1, 0.15) is 50.5 Å². The van der Waals surface area contributed by atoms with E-state index < -0.39 is 6.16 Å². The predicted molar refractivity (Wildman–Crippen MR) is 69.9 cm³/mol. The van der Waals surface area contributed by atoms with Gasteiger partial charge in [0.1, 0.15) is 5.75 Å². The first-order valence-corrected chi connectivity index (χ1v) is 6.74. The summed E-state index contributed by atoms with van der Waals surface area (Å²) < 4.78 is 9.90. The normalized spacial score (nSPS) is 16.3. The van der Waals surface area contributed by atoms with E-state index in [1.807, 2.05) is 12.1 Å². The Balaban J connectivity index is 2.02. The largest absolute Gasteiger partial charge is 0.513 e. The second-order valence-electron chi connectivity index (χ2n) is 4.69. The predicted octanol–water partition coefficient (Wildman–Crippen LogP) is 4.27. The summed E-state index contributed by atoms with van der Waals surface area (Å²) in [6.45, 7) is 2.10. The number of carbonyl (C=O) groups is 1. The van der Waals surface area contributed by atoms with E-state index >= 15 is 0 Å². The third-order valence-electron chi connectivity index (χ3n) is 3.40. The van der Waals surface area contributed by atoms with E-state index in [0.29, 0.717) is 18.3 Å². The van der Waals surface area contributed by atoms with Crippen molar-refractivity contribution in [2.24, 2.45) is 0 Å². The molecule has 0 atom stereocenters. The van der Waals surface area contributed by atoms with Crippen LogP contribution >= 0.6 is 0 Å². The lowest BCUT2D eigenvalue weighted by Crippen LogP contribution is -2.10. The zero-order valence-corrected chi connectivity index (χ0v) is 10.9. The number of rotatable bonds is 3. The molecule has 98 valence electrons. The first-order chi connectivity index (χ1) is 8.79. The fourth-order valence-electron chi connectivity index (χ4n) is 2.51. The second kappa shape index (κ2) is 6.43. The first kappa shape index (κ1) is 12.9. The quantitative estimate of drug-likeness (QED) is 0.592. The minimum atomic E-state index is -0.627. The summed E-state index contributed by atoms with van der Waals surface area (Å²) in [6, 6.07) is 7.82. The molecule has 3 nitrogen and oxygen atoms in total. The van der Waals surface area contributed by atoms with Gasteiger partial charge in [0.2, 0.25) is 0 Å². The minimum Gasteiger partial charge on any atom is -0.434 e. The Bertz CT molecular complexity index is 394. The summed E-state index contributed by atoms with van der Waals surface area (Å²) in [5.41, 5.74) is 1.27. The maximum absolute atomic E-state index is 11.3. The molecule has 3 heteroatoms. The van der Waals surface area contributed by atoms with E-state index in [1.54, 1.807) is 13.0 Å². The van der Waals surface area contributed by atoms with Crippen LogP contribution in [0.25, 0.3) is 0 Å². The number of hydrogen-bond donors (Lipinski definition) is 0. The number of benzene rings is 1. The van der Waals surface area contributed by atoms with Crippen LogP contribution in [0.15, 0.2) is 24.3 Å². The zero-order chi connectivity index (χ0) is 12.8. The maximum atomic E-state index is 11.3. The van der Waals surface area contributed by atoms with Gasteiger partial charge in [0.15, 0.2) is 0 Å². The van der Waals surface area contributed by atoms with Gasteiger partial charge >= 0.3 is 6.16 Å². The van der Waals surface area contributed by atoms with E-state index in [-0.39, 0.29) is 0 Å². The van der Waals surface area contributed by atoms with Crippen LogP contribution in [-0.4, -0.2) is 12.8 Å². The second-order valence-corrected chi connectivity index (χ2v) is 4.69. The lowest BCUT2D eigenvalue weighted by atomic mass is 9.84. The standard InChI is InChI=1S/C15H20O3/c1-2-17-15(16)18-14-10-6-9-13(11-14)12-7-4-3-5-8-12/h6,9-12H,2-5,7-8H2,1H3. The molecular formula is C15H20O3. The van der Waals surface area contributed by atoms with Crippen LogP contribution in [-0.2, 0) is 4.74 Å². The number of carbonyl (C=O) groups excluding carboxylic acids is 1. The van der Waals surface area contributed by atoms with Crippen LogP contribution in [0, 0.1) is 0 Å². The SMILES string of the molecule is CCOC(=O)Oc1cccc(C2CCCCC2)c1. The van der Waals surface area contributed by atoms with Gasteiger partial charge in [-0.15, -0.1) is 0 Å². The molecule has 0 saturated heterocycles. The van der Waals surface area contributed by atoms with Crippen molar-refractivity contribution in [1.82, 2.24) is 0 Å². The van der Waals surface area contributed by atoms with Gasteiger partial charge in [-0.25, -0.2) is 4.79 Å². The highest BCUT2D eigenvalue weighted by Gasteiger charge is 2.16. The van der Waals surface area contributed by atoms with Crippen LogP contribution < -0.4 is 4.74 Å². The summed E-state index contributed by atoms with van der Waals surface area (Å²) in [4.78, 5) is 11.3. The van der Waals surface area contributed by atoms with Gasteiger partial charge in [-0.1, -0.05) is 31.4 Å². The molecular weight excluding hydrogens is 228 g/mol. The summed E-state index contributed by atoms with van der Waals surface area (Å²) in [5, 5.41) is 0. The van der Waals surface area contributed by atoms with E-state index in [1.165, 1.54) is 37.7 Å². The summed E-state index contributed by atoms with van der Waals surface area (Å²) >= 11 is 0. The Morgan fingerprint density at radius 3 is 2.78 bits per heavy atom. The van der Waals surface area contributed by atoms with E-state index in [0.717, 1.165) is 0 Å². The van der Waals surface area contributed by atoms with E-state index in [2.05, 4.69) is 6.07 Å². The molecule has 0 unspecified atom stereocenters. The highest BCUT2D eigenvalue weighted by molar-refractivity contribution is 5.63. The molecule has 1 aromatic rings. The molecule has 0 heterocycles. The molecule has 1 fully saturated rings. The minimum absolute atomic E-state index is 0.334.